The van der Waals surface area contributed by atoms with E-state index in [2.05, 4.69) is 36.3 Å². The van der Waals surface area contributed by atoms with Crippen LogP contribution in [-0.2, 0) is 4.74 Å². The van der Waals surface area contributed by atoms with Crippen LogP contribution in [0, 0.1) is 0 Å². The van der Waals surface area contributed by atoms with Crippen molar-refractivity contribution in [2.24, 2.45) is 0 Å². The summed E-state index contributed by atoms with van der Waals surface area (Å²) >= 11 is 0. The van der Waals surface area contributed by atoms with E-state index < -0.39 is 0 Å². The first-order chi connectivity index (χ1) is 8.08. The predicted octanol–water partition coefficient (Wildman–Crippen LogP) is 0.686. The van der Waals surface area contributed by atoms with Gasteiger partial charge in [0.15, 0.2) is 0 Å². The molecule has 0 radical (unpaired) electrons. The van der Waals surface area contributed by atoms with Gasteiger partial charge in [-0.3, -0.25) is 4.90 Å². The monoisotopic (exact) mass is 243 g/mol. The van der Waals surface area contributed by atoms with Crippen LogP contribution in [0.25, 0.3) is 0 Å². The second-order valence-electron chi connectivity index (χ2n) is 5.73. The lowest BCUT2D eigenvalue weighted by atomic mass is 10.1. The Morgan fingerprint density at radius 2 is 1.76 bits per heavy atom. The molecule has 4 nitrogen and oxygen atoms in total. The molecule has 1 rings (SSSR count). The molecular weight excluding hydrogens is 214 g/mol. The number of hydrogen-bond acceptors (Lipinski definition) is 4. The Kier molecular flexibility index (Phi) is 7.04. The van der Waals surface area contributed by atoms with Gasteiger partial charge >= 0.3 is 0 Å². The van der Waals surface area contributed by atoms with Crippen molar-refractivity contribution in [2.45, 2.75) is 32.7 Å². The van der Waals surface area contributed by atoms with Crippen LogP contribution in [0.1, 0.15) is 27.2 Å². The molecule has 0 amide bonds. The van der Waals surface area contributed by atoms with Crippen LogP contribution in [0.5, 0.6) is 0 Å². The van der Waals surface area contributed by atoms with Crippen LogP contribution < -0.4 is 10.6 Å². The summed E-state index contributed by atoms with van der Waals surface area (Å²) in [6.07, 6.45) is 1.23. The van der Waals surface area contributed by atoms with E-state index in [1.54, 1.807) is 0 Å². The van der Waals surface area contributed by atoms with Crippen molar-refractivity contribution in [1.29, 1.82) is 0 Å². The molecule has 2 N–H and O–H groups in total. The fourth-order valence-electron chi connectivity index (χ4n) is 1.90. The van der Waals surface area contributed by atoms with Gasteiger partial charge in [0.25, 0.3) is 0 Å². The maximum absolute atomic E-state index is 5.33. The molecule has 0 aromatic heterocycles. The molecule has 0 aromatic rings. The highest BCUT2D eigenvalue weighted by molar-refractivity contribution is 4.70. The van der Waals surface area contributed by atoms with E-state index in [1.807, 2.05) is 0 Å². The van der Waals surface area contributed by atoms with Crippen molar-refractivity contribution in [3.63, 3.8) is 0 Å². The zero-order chi connectivity index (χ0) is 12.6. The molecule has 0 atom stereocenters. The molecule has 1 aliphatic rings. The second-order valence-corrected chi connectivity index (χ2v) is 5.73. The third-order valence-electron chi connectivity index (χ3n) is 2.89. The fraction of sp³-hybridized carbons (Fsp3) is 1.00. The van der Waals surface area contributed by atoms with Crippen molar-refractivity contribution in [1.82, 2.24) is 15.5 Å². The second kappa shape index (κ2) is 8.03. The number of rotatable bonds is 7. The van der Waals surface area contributed by atoms with Crippen LogP contribution in [0.2, 0.25) is 0 Å². The number of ether oxygens (including phenoxy) is 1. The van der Waals surface area contributed by atoms with E-state index in [1.165, 1.54) is 13.0 Å². The first-order valence-electron chi connectivity index (χ1n) is 6.84. The van der Waals surface area contributed by atoms with Gasteiger partial charge in [-0.05, 0) is 40.3 Å². The number of hydrogen-bond donors (Lipinski definition) is 2. The van der Waals surface area contributed by atoms with E-state index in [4.69, 9.17) is 4.74 Å². The van der Waals surface area contributed by atoms with Gasteiger partial charge in [-0.15, -0.1) is 0 Å². The molecule has 1 heterocycles. The Morgan fingerprint density at radius 1 is 1.06 bits per heavy atom. The zero-order valence-corrected chi connectivity index (χ0v) is 11.7. The molecule has 0 unspecified atom stereocenters. The van der Waals surface area contributed by atoms with Gasteiger partial charge in [-0.1, -0.05) is 0 Å². The maximum Gasteiger partial charge on any atom is 0.0594 e. The molecule has 1 aliphatic heterocycles. The van der Waals surface area contributed by atoms with Gasteiger partial charge < -0.3 is 15.4 Å². The Bertz CT molecular complexity index is 186. The lowest BCUT2D eigenvalue weighted by molar-refractivity contribution is 0.0374. The summed E-state index contributed by atoms with van der Waals surface area (Å²) in [5.41, 5.74) is 0.232. The maximum atomic E-state index is 5.33. The van der Waals surface area contributed by atoms with Crippen LogP contribution >= 0.6 is 0 Å². The van der Waals surface area contributed by atoms with Gasteiger partial charge in [0.2, 0.25) is 0 Å². The molecule has 1 saturated heterocycles. The highest BCUT2D eigenvalue weighted by Crippen LogP contribution is 1.97. The first kappa shape index (κ1) is 14.9. The Morgan fingerprint density at radius 3 is 2.41 bits per heavy atom. The predicted molar refractivity (Wildman–Crippen MR) is 72.5 cm³/mol. The average molecular weight is 243 g/mol. The van der Waals surface area contributed by atoms with Crippen molar-refractivity contribution in [3.05, 3.63) is 0 Å². The Labute approximate surface area is 106 Å². The van der Waals surface area contributed by atoms with Gasteiger partial charge in [0.1, 0.15) is 0 Å². The third kappa shape index (κ3) is 8.55. The number of nitrogens with zero attached hydrogens (tertiary/aromatic N) is 1. The van der Waals surface area contributed by atoms with Crippen LogP contribution in [0.3, 0.4) is 0 Å². The number of morpholine rings is 1. The van der Waals surface area contributed by atoms with Crippen molar-refractivity contribution in [3.8, 4) is 0 Å². The molecule has 0 aliphatic carbocycles. The van der Waals surface area contributed by atoms with Crippen LogP contribution in [0.4, 0.5) is 0 Å². The normalized spacial score (nSPS) is 18.5. The topological polar surface area (TPSA) is 36.5 Å². The molecule has 102 valence electrons. The highest BCUT2D eigenvalue weighted by atomic mass is 16.5. The zero-order valence-electron chi connectivity index (χ0n) is 11.7. The standard InChI is InChI=1S/C13H29N3O/c1-13(2,3)15-7-6-14-5-4-8-16-9-11-17-12-10-16/h14-15H,4-12H2,1-3H3. The van der Waals surface area contributed by atoms with Gasteiger partial charge in [-0.25, -0.2) is 0 Å². The summed E-state index contributed by atoms with van der Waals surface area (Å²) in [4.78, 5) is 2.48. The highest BCUT2D eigenvalue weighted by Gasteiger charge is 2.09. The van der Waals surface area contributed by atoms with E-state index >= 15 is 0 Å². The van der Waals surface area contributed by atoms with Gasteiger partial charge in [-0.2, -0.15) is 0 Å². The molecule has 0 spiro atoms. The summed E-state index contributed by atoms with van der Waals surface area (Å²) in [5, 5.41) is 6.95. The summed E-state index contributed by atoms with van der Waals surface area (Å²) < 4.78 is 5.33. The summed E-state index contributed by atoms with van der Waals surface area (Å²) in [5.74, 6) is 0. The Balaban J connectivity index is 1.84. The smallest absolute Gasteiger partial charge is 0.0594 e. The molecule has 0 saturated carbocycles. The van der Waals surface area contributed by atoms with Crippen molar-refractivity contribution in [2.75, 3.05) is 52.5 Å². The van der Waals surface area contributed by atoms with E-state index in [0.29, 0.717) is 0 Å². The molecular formula is C13H29N3O. The Hall–Kier alpha value is -0.160. The quantitative estimate of drug-likeness (QED) is 0.645. The minimum absolute atomic E-state index is 0.232. The third-order valence-corrected chi connectivity index (χ3v) is 2.89. The van der Waals surface area contributed by atoms with Gasteiger partial charge in [0, 0.05) is 31.7 Å². The van der Waals surface area contributed by atoms with Gasteiger partial charge in [0.05, 0.1) is 13.2 Å². The minimum Gasteiger partial charge on any atom is -0.379 e. The van der Waals surface area contributed by atoms with E-state index in [0.717, 1.165) is 45.9 Å². The van der Waals surface area contributed by atoms with Crippen LogP contribution in [0.15, 0.2) is 0 Å². The summed E-state index contributed by atoms with van der Waals surface area (Å²) in [7, 11) is 0. The van der Waals surface area contributed by atoms with Crippen molar-refractivity contribution >= 4 is 0 Å². The molecule has 17 heavy (non-hydrogen) atoms. The fourth-order valence-corrected chi connectivity index (χ4v) is 1.90. The van der Waals surface area contributed by atoms with E-state index in [9.17, 15) is 0 Å². The lowest BCUT2D eigenvalue weighted by Crippen LogP contribution is -2.41. The average Bonchev–Trinajstić information content (AvgIpc) is 2.28. The molecule has 4 heteroatoms. The first-order valence-corrected chi connectivity index (χ1v) is 6.84. The van der Waals surface area contributed by atoms with E-state index in [-0.39, 0.29) is 5.54 Å². The molecule has 0 aromatic carbocycles. The molecule has 1 fully saturated rings. The lowest BCUT2D eigenvalue weighted by Gasteiger charge is -2.26. The SMILES string of the molecule is CC(C)(C)NCCNCCCN1CCOCC1. The van der Waals surface area contributed by atoms with Crippen molar-refractivity contribution < 1.29 is 4.74 Å². The number of nitrogens with one attached hydrogen (secondary N) is 2. The largest absolute Gasteiger partial charge is 0.379 e. The summed E-state index contributed by atoms with van der Waals surface area (Å²) in [6, 6.07) is 0. The molecule has 0 bridgehead atoms. The summed E-state index contributed by atoms with van der Waals surface area (Å²) in [6.45, 7) is 15.0. The van der Waals surface area contributed by atoms with Crippen LogP contribution in [-0.4, -0.2) is 62.9 Å². The minimum atomic E-state index is 0.232.